The molecule has 1 saturated carbocycles. The summed E-state index contributed by atoms with van der Waals surface area (Å²) >= 11 is 0. The fourth-order valence-corrected chi connectivity index (χ4v) is 3.42. The van der Waals surface area contributed by atoms with Crippen molar-refractivity contribution in [2.24, 2.45) is 5.41 Å². The Hall–Kier alpha value is -0.510. The highest BCUT2D eigenvalue weighted by atomic mass is 14.4. The molecular weight excluding hydrogens is 230 g/mol. The van der Waals surface area contributed by atoms with E-state index in [2.05, 4.69) is 13.0 Å². The maximum Gasteiger partial charge on any atom is 0.0689 e. The molecule has 1 fully saturated rings. The van der Waals surface area contributed by atoms with E-state index in [9.17, 15) is 5.26 Å². The third-order valence-electron chi connectivity index (χ3n) is 4.81. The summed E-state index contributed by atoms with van der Waals surface area (Å²) < 4.78 is 0. The molecule has 0 spiro atoms. The van der Waals surface area contributed by atoms with Gasteiger partial charge in [0, 0.05) is 0 Å². The first kappa shape index (κ1) is 16.5. The van der Waals surface area contributed by atoms with Gasteiger partial charge in [0.25, 0.3) is 0 Å². The number of unbranched alkanes of at least 4 members (excludes halogenated alkanes) is 9. The molecule has 1 rings (SSSR count). The number of nitriles is 1. The molecule has 0 aromatic rings. The summed E-state index contributed by atoms with van der Waals surface area (Å²) in [4.78, 5) is 0. The largest absolute Gasteiger partial charge is 0.198 e. The smallest absolute Gasteiger partial charge is 0.0689 e. The number of nitrogens with zero attached hydrogens (tertiary/aromatic N) is 1. The monoisotopic (exact) mass is 263 g/mol. The summed E-state index contributed by atoms with van der Waals surface area (Å²) in [5, 5.41) is 9.31. The molecule has 0 saturated heterocycles. The molecule has 1 heteroatoms. The maximum atomic E-state index is 9.31. The molecule has 0 heterocycles. The van der Waals surface area contributed by atoms with E-state index in [4.69, 9.17) is 0 Å². The highest BCUT2D eigenvalue weighted by Gasteiger charge is 2.32. The van der Waals surface area contributed by atoms with Crippen LogP contribution in [0.4, 0.5) is 0 Å². The van der Waals surface area contributed by atoms with E-state index < -0.39 is 0 Å². The zero-order valence-electron chi connectivity index (χ0n) is 13.1. The van der Waals surface area contributed by atoms with Gasteiger partial charge < -0.3 is 0 Å². The molecule has 1 nitrogen and oxygen atoms in total. The van der Waals surface area contributed by atoms with Crippen LogP contribution in [0.1, 0.15) is 103 Å². The lowest BCUT2D eigenvalue weighted by Gasteiger charge is -2.19. The Bertz CT molecular complexity index is 245. The highest BCUT2D eigenvalue weighted by molar-refractivity contribution is 5.01. The zero-order valence-corrected chi connectivity index (χ0v) is 13.1. The van der Waals surface area contributed by atoms with E-state index in [0.717, 1.165) is 0 Å². The van der Waals surface area contributed by atoms with Crippen LogP contribution in [0.25, 0.3) is 0 Å². The molecule has 0 unspecified atom stereocenters. The molecule has 19 heavy (non-hydrogen) atoms. The first-order valence-electron chi connectivity index (χ1n) is 8.74. The van der Waals surface area contributed by atoms with Gasteiger partial charge in [-0.05, 0) is 19.3 Å². The van der Waals surface area contributed by atoms with Gasteiger partial charge in [-0.2, -0.15) is 5.26 Å². The Labute approximate surface area is 120 Å². The molecule has 1 aliphatic rings. The van der Waals surface area contributed by atoms with Crippen molar-refractivity contribution in [2.45, 2.75) is 103 Å². The average Bonchev–Trinajstić information content (AvgIpc) is 2.90. The van der Waals surface area contributed by atoms with E-state index in [1.54, 1.807) is 0 Å². The molecule has 0 aliphatic heterocycles. The molecular formula is C18H33N. The van der Waals surface area contributed by atoms with Crippen LogP contribution in [0.5, 0.6) is 0 Å². The van der Waals surface area contributed by atoms with Crippen LogP contribution in [0.15, 0.2) is 0 Å². The van der Waals surface area contributed by atoms with Gasteiger partial charge in [-0.15, -0.1) is 0 Å². The minimum Gasteiger partial charge on any atom is -0.198 e. The first-order chi connectivity index (χ1) is 9.33. The zero-order chi connectivity index (χ0) is 13.8. The summed E-state index contributed by atoms with van der Waals surface area (Å²) in [5.41, 5.74) is 0.0835. The Balaban J connectivity index is 1.87. The van der Waals surface area contributed by atoms with Gasteiger partial charge >= 0.3 is 0 Å². The van der Waals surface area contributed by atoms with Crippen molar-refractivity contribution in [1.82, 2.24) is 0 Å². The lowest BCUT2D eigenvalue weighted by Crippen LogP contribution is -2.12. The van der Waals surface area contributed by atoms with Crippen LogP contribution in [-0.2, 0) is 0 Å². The van der Waals surface area contributed by atoms with Gasteiger partial charge in [-0.3, -0.25) is 0 Å². The minimum atomic E-state index is 0.0835. The summed E-state index contributed by atoms with van der Waals surface area (Å²) in [6, 6.07) is 2.61. The topological polar surface area (TPSA) is 23.8 Å². The van der Waals surface area contributed by atoms with E-state index in [1.807, 2.05) is 0 Å². The predicted molar refractivity (Wildman–Crippen MR) is 83.0 cm³/mol. The van der Waals surface area contributed by atoms with Crippen molar-refractivity contribution in [3.8, 4) is 6.07 Å². The summed E-state index contributed by atoms with van der Waals surface area (Å²) in [6.45, 7) is 2.28. The maximum absolute atomic E-state index is 9.31. The fraction of sp³-hybridized carbons (Fsp3) is 0.944. The van der Waals surface area contributed by atoms with Crippen molar-refractivity contribution in [3.63, 3.8) is 0 Å². The lowest BCUT2D eigenvalue weighted by atomic mass is 9.82. The summed E-state index contributed by atoms with van der Waals surface area (Å²) in [6.07, 6.45) is 20.0. The van der Waals surface area contributed by atoms with Gasteiger partial charge in [0.15, 0.2) is 0 Å². The van der Waals surface area contributed by atoms with Gasteiger partial charge in [-0.25, -0.2) is 0 Å². The van der Waals surface area contributed by atoms with Crippen molar-refractivity contribution in [2.75, 3.05) is 0 Å². The second-order valence-corrected chi connectivity index (χ2v) is 6.53. The van der Waals surface area contributed by atoms with Crippen LogP contribution in [-0.4, -0.2) is 0 Å². The second-order valence-electron chi connectivity index (χ2n) is 6.53. The van der Waals surface area contributed by atoms with Crippen LogP contribution < -0.4 is 0 Å². The molecule has 110 valence electrons. The van der Waals surface area contributed by atoms with E-state index in [0.29, 0.717) is 0 Å². The first-order valence-corrected chi connectivity index (χ1v) is 8.74. The normalized spacial score (nSPS) is 17.5. The Morgan fingerprint density at radius 2 is 1.26 bits per heavy atom. The number of rotatable bonds is 11. The highest BCUT2D eigenvalue weighted by Crippen LogP contribution is 2.41. The van der Waals surface area contributed by atoms with Crippen LogP contribution in [0, 0.1) is 16.7 Å². The van der Waals surface area contributed by atoms with E-state index in [-0.39, 0.29) is 5.41 Å². The fourth-order valence-electron chi connectivity index (χ4n) is 3.42. The number of hydrogen-bond donors (Lipinski definition) is 0. The van der Waals surface area contributed by atoms with Gasteiger partial charge in [0.2, 0.25) is 0 Å². The standard InChI is InChI=1S/C18H33N/c1-2-3-4-5-6-7-8-9-10-11-14-18(17-19)15-12-13-16-18/h2-16H2,1H3. The average molecular weight is 263 g/mol. The molecule has 1 aliphatic carbocycles. The summed E-state index contributed by atoms with van der Waals surface area (Å²) in [5.74, 6) is 0. The molecule has 0 aromatic carbocycles. The lowest BCUT2D eigenvalue weighted by molar-refractivity contribution is 0.356. The quantitative estimate of drug-likeness (QED) is 0.397. The Morgan fingerprint density at radius 3 is 1.74 bits per heavy atom. The van der Waals surface area contributed by atoms with Crippen molar-refractivity contribution < 1.29 is 0 Å². The molecule has 0 aromatic heterocycles. The third kappa shape index (κ3) is 7.00. The molecule has 0 N–H and O–H groups in total. The second kappa shape index (κ2) is 10.3. The van der Waals surface area contributed by atoms with Gasteiger partial charge in [-0.1, -0.05) is 84.0 Å². The van der Waals surface area contributed by atoms with Crippen molar-refractivity contribution in [1.29, 1.82) is 5.26 Å². The van der Waals surface area contributed by atoms with Crippen LogP contribution >= 0.6 is 0 Å². The molecule has 0 amide bonds. The van der Waals surface area contributed by atoms with Gasteiger partial charge in [0.05, 0.1) is 11.5 Å². The molecule has 0 radical (unpaired) electrons. The van der Waals surface area contributed by atoms with Crippen molar-refractivity contribution >= 4 is 0 Å². The van der Waals surface area contributed by atoms with E-state index in [1.165, 1.54) is 96.3 Å². The van der Waals surface area contributed by atoms with Crippen molar-refractivity contribution in [3.05, 3.63) is 0 Å². The van der Waals surface area contributed by atoms with Crippen LogP contribution in [0.3, 0.4) is 0 Å². The minimum absolute atomic E-state index is 0.0835. The third-order valence-corrected chi connectivity index (χ3v) is 4.81. The SMILES string of the molecule is CCCCCCCCCCCCC1(C#N)CCCC1. The van der Waals surface area contributed by atoms with Crippen LogP contribution in [0.2, 0.25) is 0 Å². The molecule has 0 atom stereocenters. The van der Waals surface area contributed by atoms with E-state index >= 15 is 0 Å². The Morgan fingerprint density at radius 1 is 0.789 bits per heavy atom. The number of hydrogen-bond acceptors (Lipinski definition) is 1. The predicted octanol–water partition coefficient (Wildman–Crippen LogP) is 6.38. The summed E-state index contributed by atoms with van der Waals surface area (Å²) in [7, 11) is 0. The Kier molecular flexibility index (Phi) is 8.97. The van der Waals surface area contributed by atoms with Gasteiger partial charge in [0.1, 0.15) is 0 Å². The molecule has 0 bridgehead atoms.